The van der Waals surface area contributed by atoms with E-state index in [9.17, 15) is 9.59 Å². The molecule has 0 radical (unpaired) electrons. The van der Waals surface area contributed by atoms with Crippen molar-refractivity contribution in [2.45, 2.75) is 45.6 Å². The van der Waals surface area contributed by atoms with E-state index in [1.54, 1.807) is 39.1 Å². The van der Waals surface area contributed by atoms with E-state index in [0.29, 0.717) is 31.0 Å². The van der Waals surface area contributed by atoms with Gasteiger partial charge in [-0.2, -0.15) is 0 Å². The summed E-state index contributed by atoms with van der Waals surface area (Å²) in [5.41, 5.74) is -0.630. The van der Waals surface area contributed by atoms with E-state index in [4.69, 9.17) is 14.6 Å². The first-order valence-corrected chi connectivity index (χ1v) is 7.45. The number of aromatic nitrogens is 1. The lowest BCUT2D eigenvalue weighted by molar-refractivity contribution is -0.137. The van der Waals surface area contributed by atoms with Crippen molar-refractivity contribution in [3.8, 4) is 5.75 Å². The standard InChI is InChI=1S/C16H24N2O5/c1-16(2,3)23-15(21)18(10-6-5-7-14(19)20)13-11-12(22-4)8-9-17-13/h8-9,11H,5-7,10H2,1-4H3,(H,19,20). The Morgan fingerprint density at radius 3 is 2.57 bits per heavy atom. The predicted octanol–water partition coefficient (Wildman–Crippen LogP) is 3.09. The maximum absolute atomic E-state index is 12.4. The molecule has 7 nitrogen and oxygen atoms in total. The fourth-order valence-corrected chi connectivity index (χ4v) is 1.84. The fourth-order valence-electron chi connectivity index (χ4n) is 1.84. The lowest BCUT2D eigenvalue weighted by Crippen LogP contribution is -2.38. The van der Waals surface area contributed by atoms with Crippen molar-refractivity contribution in [3.05, 3.63) is 18.3 Å². The van der Waals surface area contributed by atoms with Gasteiger partial charge >= 0.3 is 12.1 Å². The summed E-state index contributed by atoms with van der Waals surface area (Å²) < 4.78 is 10.5. The van der Waals surface area contributed by atoms with E-state index in [1.165, 1.54) is 12.0 Å². The molecular weight excluding hydrogens is 300 g/mol. The number of hydrogen-bond acceptors (Lipinski definition) is 5. The van der Waals surface area contributed by atoms with Crippen LogP contribution in [0.5, 0.6) is 5.75 Å². The third-order valence-electron chi connectivity index (χ3n) is 2.87. The normalized spacial score (nSPS) is 11.0. The van der Waals surface area contributed by atoms with Gasteiger partial charge in [0.25, 0.3) is 0 Å². The quantitative estimate of drug-likeness (QED) is 0.775. The van der Waals surface area contributed by atoms with Crippen LogP contribution in [-0.2, 0) is 9.53 Å². The Morgan fingerprint density at radius 1 is 1.30 bits per heavy atom. The van der Waals surface area contributed by atoms with Crippen LogP contribution in [0.4, 0.5) is 10.6 Å². The van der Waals surface area contributed by atoms with Crippen LogP contribution in [0.2, 0.25) is 0 Å². The monoisotopic (exact) mass is 324 g/mol. The van der Waals surface area contributed by atoms with Gasteiger partial charge in [0.15, 0.2) is 0 Å². The van der Waals surface area contributed by atoms with Crippen molar-refractivity contribution in [3.63, 3.8) is 0 Å². The number of carboxylic acids is 1. The van der Waals surface area contributed by atoms with E-state index >= 15 is 0 Å². The Hall–Kier alpha value is -2.31. The van der Waals surface area contributed by atoms with Gasteiger partial charge in [-0.25, -0.2) is 9.78 Å². The Kier molecular flexibility index (Phi) is 6.81. The first-order chi connectivity index (χ1) is 10.7. The number of unbranched alkanes of at least 4 members (excludes halogenated alkanes) is 1. The van der Waals surface area contributed by atoms with Crippen molar-refractivity contribution in [1.29, 1.82) is 0 Å². The third kappa shape index (κ3) is 6.99. The SMILES string of the molecule is COc1ccnc(N(CCCCC(=O)O)C(=O)OC(C)(C)C)c1. The number of amides is 1. The lowest BCUT2D eigenvalue weighted by Gasteiger charge is -2.27. The molecule has 0 aliphatic heterocycles. The zero-order valence-electron chi connectivity index (χ0n) is 14.0. The number of ether oxygens (including phenoxy) is 2. The summed E-state index contributed by atoms with van der Waals surface area (Å²) in [6, 6.07) is 3.32. The van der Waals surface area contributed by atoms with Gasteiger partial charge in [0.1, 0.15) is 17.2 Å². The molecule has 1 heterocycles. The molecule has 1 aromatic rings. The van der Waals surface area contributed by atoms with Crippen LogP contribution in [0.25, 0.3) is 0 Å². The number of carboxylic acid groups (broad SMARTS) is 1. The second-order valence-electron chi connectivity index (χ2n) is 6.04. The van der Waals surface area contributed by atoms with Gasteiger partial charge in [-0.3, -0.25) is 9.69 Å². The summed E-state index contributed by atoms with van der Waals surface area (Å²) in [7, 11) is 1.53. The highest BCUT2D eigenvalue weighted by molar-refractivity contribution is 5.86. The summed E-state index contributed by atoms with van der Waals surface area (Å²) in [5.74, 6) is 0.136. The maximum atomic E-state index is 12.4. The number of rotatable bonds is 7. The predicted molar refractivity (Wildman–Crippen MR) is 85.9 cm³/mol. The van der Waals surface area contributed by atoms with Crippen LogP contribution in [0.15, 0.2) is 18.3 Å². The number of carbonyl (C=O) groups is 2. The van der Waals surface area contributed by atoms with Crippen LogP contribution < -0.4 is 9.64 Å². The number of nitrogens with zero attached hydrogens (tertiary/aromatic N) is 2. The summed E-state index contributed by atoms with van der Waals surface area (Å²) in [6.07, 6.45) is 2.09. The van der Waals surface area contributed by atoms with Crippen LogP contribution in [0, 0.1) is 0 Å². The molecule has 0 aliphatic carbocycles. The van der Waals surface area contributed by atoms with Crippen LogP contribution in [0.1, 0.15) is 40.0 Å². The first kappa shape index (κ1) is 18.7. The van der Waals surface area contributed by atoms with Crippen molar-refractivity contribution in [2.75, 3.05) is 18.6 Å². The molecule has 1 rings (SSSR count). The third-order valence-corrected chi connectivity index (χ3v) is 2.87. The highest BCUT2D eigenvalue weighted by Gasteiger charge is 2.24. The zero-order chi connectivity index (χ0) is 17.5. The minimum absolute atomic E-state index is 0.0632. The van der Waals surface area contributed by atoms with E-state index in [-0.39, 0.29) is 6.42 Å². The number of pyridine rings is 1. The van der Waals surface area contributed by atoms with Gasteiger partial charge in [-0.05, 0) is 39.7 Å². The van der Waals surface area contributed by atoms with E-state index in [1.807, 2.05) is 0 Å². The molecule has 1 N–H and O–H groups in total. The van der Waals surface area contributed by atoms with Gasteiger partial charge in [0, 0.05) is 25.2 Å². The van der Waals surface area contributed by atoms with E-state index in [2.05, 4.69) is 4.98 Å². The first-order valence-electron chi connectivity index (χ1n) is 7.45. The number of carbonyl (C=O) groups excluding carboxylic acids is 1. The Balaban J connectivity index is 2.86. The molecule has 7 heteroatoms. The highest BCUT2D eigenvalue weighted by Crippen LogP contribution is 2.21. The molecule has 0 aromatic carbocycles. The molecule has 0 atom stereocenters. The van der Waals surface area contributed by atoms with Gasteiger partial charge in [0.05, 0.1) is 7.11 Å². The smallest absolute Gasteiger partial charge is 0.416 e. The molecule has 1 amide bonds. The molecular formula is C16H24N2O5. The number of hydrogen-bond donors (Lipinski definition) is 1. The molecule has 0 saturated heterocycles. The van der Waals surface area contributed by atoms with E-state index < -0.39 is 17.7 Å². The molecule has 0 bridgehead atoms. The average molecular weight is 324 g/mol. The van der Waals surface area contributed by atoms with Crippen LogP contribution in [0.3, 0.4) is 0 Å². The number of methoxy groups -OCH3 is 1. The van der Waals surface area contributed by atoms with Gasteiger partial charge in [-0.15, -0.1) is 0 Å². The minimum Gasteiger partial charge on any atom is -0.497 e. The molecule has 0 aliphatic rings. The van der Waals surface area contributed by atoms with E-state index in [0.717, 1.165) is 0 Å². The van der Waals surface area contributed by atoms with Gasteiger partial charge in [0.2, 0.25) is 0 Å². The molecule has 0 unspecified atom stereocenters. The van der Waals surface area contributed by atoms with Gasteiger partial charge < -0.3 is 14.6 Å². The summed E-state index contributed by atoms with van der Waals surface area (Å²) in [5, 5.41) is 8.69. The van der Waals surface area contributed by atoms with Crippen molar-refractivity contribution in [2.24, 2.45) is 0 Å². The topological polar surface area (TPSA) is 89.0 Å². The molecule has 0 saturated carbocycles. The Labute approximate surface area is 136 Å². The highest BCUT2D eigenvalue weighted by atomic mass is 16.6. The zero-order valence-corrected chi connectivity index (χ0v) is 14.0. The number of aliphatic carboxylic acids is 1. The van der Waals surface area contributed by atoms with Crippen molar-refractivity contribution >= 4 is 17.9 Å². The lowest BCUT2D eigenvalue weighted by atomic mass is 10.2. The molecule has 128 valence electrons. The van der Waals surface area contributed by atoms with Crippen molar-refractivity contribution < 1.29 is 24.2 Å². The maximum Gasteiger partial charge on any atom is 0.416 e. The molecule has 1 aromatic heterocycles. The second kappa shape index (κ2) is 8.36. The van der Waals surface area contributed by atoms with Gasteiger partial charge in [-0.1, -0.05) is 0 Å². The largest absolute Gasteiger partial charge is 0.497 e. The second-order valence-corrected chi connectivity index (χ2v) is 6.04. The fraction of sp³-hybridized carbons (Fsp3) is 0.562. The Morgan fingerprint density at radius 2 is 2.00 bits per heavy atom. The minimum atomic E-state index is -0.853. The average Bonchev–Trinajstić information content (AvgIpc) is 2.45. The number of anilines is 1. The van der Waals surface area contributed by atoms with Crippen LogP contribution in [-0.4, -0.2) is 41.4 Å². The summed E-state index contributed by atoms with van der Waals surface area (Å²) >= 11 is 0. The molecule has 23 heavy (non-hydrogen) atoms. The summed E-state index contributed by atoms with van der Waals surface area (Å²) in [6.45, 7) is 5.67. The van der Waals surface area contributed by atoms with Crippen LogP contribution >= 0.6 is 0 Å². The Bertz CT molecular complexity index is 540. The molecule has 0 spiro atoms. The van der Waals surface area contributed by atoms with Crippen molar-refractivity contribution in [1.82, 2.24) is 4.98 Å². The summed E-state index contributed by atoms with van der Waals surface area (Å²) in [4.78, 5) is 28.6. The molecule has 0 fully saturated rings.